The molecule has 35 heavy (non-hydrogen) atoms. The lowest BCUT2D eigenvalue weighted by atomic mass is 9.74. The Morgan fingerprint density at radius 3 is 2.60 bits per heavy atom. The van der Waals surface area contributed by atoms with E-state index in [0.29, 0.717) is 32.9 Å². The van der Waals surface area contributed by atoms with Crippen LogP contribution in [0.4, 0.5) is 0 Å². The van der Waals surface area contributed by atoms with Crippen LogP contribution in [0.15, 0.2) is 24.3 Å². The number of esters is 1. The van der Waals surface area contributed by atoms with E-state index in [0.717, 1.165) is 32.5 Å². The van der Waals surface area contributed by atoms with Gasteiger partial charge < -0.3 is 24.4 Å². The molecule has 10 heteroatoms. The number of aliphatic hydroxyl groups excluding tert-OH is 1. The molecule has 2 amide bonds. The first kappa shape index (κ1) is 24.8. The van der Waals surface area contributed by atoms with Gasteiger partial charge in [-0.05, 0) is 19.8 Å². The Morgan fingerprint density at radius 2 is 1.83 bits per heavy atom. The van der Waals surface area contributed by atoms with Gasteiger partial charge in [-0.3, -0.25) is 19.3 Å². The topological polar surface area (TPSA) is 99.6 Å². The Balaban J connectivity index is 1.49. The number of amides is 2. The molecule has 1 N–H and O–H groups in total. The lowest BCUT2D eigenvalue weighted by Gasteiger charge is -2.37. The molecule has 5 atom stereocenters. The van der Waals surface area contributed by atoms with Crippen molar-refractivity contribution in [2.45, 2.75) is 35.3 Å². The molecule has 9 nitrogen and oxygen atoms in total. The van der Waals surface area contributed by atoms with Crippen LogP contribution in [-0.4, -0.2) is 119 Å². The first-order valence-electron chi connectivity index (χ1n) is 12.6. The predicted octanol–water partition coefficient (Wildman–Crippen LogP) is 0.290. The van der Waals surface area contributed by atoms with Gasteiger partial charge >= 0.3 is 5.97 Å². The molecule has 1 spiro atoms. The maximum absolute atomic E-state index is 14.1. The number of aliphatic hydroxyl groups is 1. The van der Waals surface area contributed by atoms with E-state index >= 15 is 0 Å². The highest BCUT2D eigenvalue weighted by atomic mass is 32.2. The SMILES string of the molecule is C[C@]12/C=C\CCCOC(=O)[C@H]1[C@H]1C(=O)N(CCO)C3C(=O)N(CCN4CCOCC4)CC=C[C@@]31S2. The van der Waals surface area contributed by atoms with Gasteiger partial charge in [0.05, 0.1) is 43.0 Å². The number of cyclic esters (lactones) is 1. The molecule has 5 aliphatic heterocycles. The lowest BCUT2D eigenvalue weighted by molar-refractivity contribution is -0.154. The summed E-state index contributed by atoms with van der Waals surface area (Å²) in [5.41, 5.74) is 0. The largest absolute Gasteiger partial charge is 0.465 e. The van der Waals surface area contributed by atoms with E-state index < -0.39 is 27.4 Å². The summed E-state index contributed by atoms with van der Waals surface area (Å²) in [5, 5.41) is 9.78. The average molecular weight is 506 g/mol. The van der Waals surface area contributed by atoms with Crippen molar-refractivity contribution in [1.29, 1.82) is 0 Å². The van der Waals surface area contributed by atoms with Crippen LogP contribution >= 0.6 is 11.8 Å². The van der Waals surface area contributed by atoms with Gasteiger partial charge in [-0.2, -0.15) is 0 Å². The minimum absolute atomic E-state index is 0.0630. The molecule has 192 valence electrons. The van der Waals surface area contributed by atoms with Crippen molar-refractivity contribution in [1.82, 2.24) is 14.7 Å². The van der Waals surface area contributed by atoms with E-state index in [2.05, 4.69) is 11.0 Å². The number of fused-ring (bicyclic) bond motifs is 2. The van der Waals surface area contributed by atoms with E-state index in [1.165, 1.54) is 4.90 Å². The molecule has 5 aliphatic rings. The minimum atomic E-state index is -0.890. The van der Waals surface area contributed by atoms with Crippen LogP contribution in [0.1, 0.15) is 19.8 Å². The van der Waals surface area contributed by atoms with E-state index in [1.54, 1.807) is 11.8 Å². The molecule has 3 saturated heterocycles. The number of β-amino-alcohol motifs (C(OH)–C–C–N with tert-alkyl or cyclic N) is 1. The third-order valence-electron chi connectivity index (χ3n) is 7.96. The number of allylic oxidation sites excluding steroid dienone is 1. The third-order valence-corrected chi connectivity index (χ3v) is 9.76. The quantitative estimate of drug-likeness (QED) is 0.421. The number of ether oxygens (including phenoxy) is 2. The van der Waals surface area contributed by atoms with Crippen molar-refractivity contribution in [3.8, 4) is 0 Å². The van der Waals surface area contributed by atoms with E-state index in [4.69, 9.17) is 9.47 Å². The number of carbonyl (C=O) groups is 3. The Labute approximate surface area is 210 Å². The summed E-state index contributed by atoms with van der Waals surface area (Å²) in [6.45, 7) is 6.94. The summed E-state index contributed by atoms with van der Waals surface area (Å²) >= 11 is 1.54. The number of rotatable bonds is 5. The molecular formula is C25H35N3O6S. The standard InChI is InChI=1S/C25H35N3O6S/c1-24-6-3-2-4-15-34-23(32)19(24)18-21(30)28(11-14-29)20-22(31)27(8-5-7-25(18,20)35-24)10-9-26-12-16-33-17-13-26/h3,5-7,18-20,29H,2,4,8-17H2,1H3/b6-3-/t18-,19+,20?,24-,25-/m0/s1. The second kappa shape index (κ2) is 9.88. The molecule has 0 aromatic carbocycles. The van der Waals surface area contributed by atoms with Gasteiger partial charge in [0, 0.05) is 44.0 Å². The van der Waals surface area contributed by atoms with E-state index in [-0.39, 0.29) is 30.9 Å². The Hall–Kier alpha value is -1.88. The first-order chi connectivity index (χ1) is 16.9. The Morgan fingerprint density at radius 1 is 1.03 bits per heavy atom. The highest BCUT2D eigenvalue weighted by molar-refractivity contribution is 8.02. The van der Waals surface area contributed by atoms with Gasteiger partial charge in [-0.1, -0.05) is 24.3 Å². The summed E-state index contributed by atoms with van der Waals surface area (Å²) in [6.07, 6.45) is 9.64. The molecule has 0 bridgehead atoms. The fourth-order valence-electron chi connectivity index (χ4n) is 6.32. The van der Waals surface area contributed by atoms with Crippen molar-refractivity contribution >= 4 is 29.5 Å². The van der Waals surface area contributed by atoms with Crippen molar-refractivity contribution < 1.29 is 29.0 Å². The summed E-state index contributed by atoms with van der Waals surface area (Å²) in [5.74, 6) is -2.15. The van der Waals surface area contributed by atoms with Gasteiger partial charge in [-0.15, -0.1) is 11.8 Å². The van der Waals surface area contributed by atoms with Crippen molar-refractivity contribution in [2.75, 3.05) is 65.7 Å². The molecular weight excluding hydrogens is 470 g/mol. The first-order valence-corrected chi connectivity index (χ1v) is 13.5. The van der Waals surface area contributed by atoms with Gasteiger partial charge in [0.15, 0.2) is 0 Å². The molecule has 1 unspecified atom stereocenters. The van der Waals surface area contributed by atoms with Crippen molar-refractivity contribution in [2.24, 2.45) is 11.8 Å². The molecule has 3 fully saturated rings. The molecule has 0 aliphatic carbocycles. The zero-order valence-electron chi connectivity index (χ0n) is 20.3. The normalized spacial score (nSPS) is 38.7. The molecule has 0 saturated carbocycles. The zero-order valence-corrected chi connectivity index (χ0v) is 21.1. The number of nitrogens with zero attached hydrogens (tertiary/aromatic N) is 3. The summed E-state index contributed by atoms with van der Waals surface area (Å²) in [7, 11) is 0. The second-order valence-corrected chi connectivity index (χ2v) is 11.9. The maximum atomic E-state index is 14.1. The summed E-state index contributed by atoms with van der Waals surface area (Å²) in [6, 6.07) is -0.769. The molecule has 5 heterocycles. The predicted molar refractivity (Wildman–Crippen MR) is 131 cm³/mol. The summed E-state index contributed by atoms with van der Waals surface area (Å²) < 4.78 is 9.48. The van der Waals surface area contributed by atoms with Crippen LogP contribution in [0.3, 0.4) is 0 Å². The van der Waals surface area contributed by atoms with Gasteiger partial charge in [0.25, 0.3) is 0 Å². The maximum Gasteiger partial charge on any atom is 0.311 e. The highest BCUT2D eigenvalue weighted by Crippen LogP contribution is 2.65. The molecule has 0 aromatic rings. The van der Waals surface area contributed by atoms with Crippen LogP contribution < -0.4 is 0 Å². The molecule has 0 aromatic heterocycles. The van der Waals surface area contributed by atoms with E-state index in [1.807, 2.05) is 30.1 Å². The monoisotopic (exact) mass is 505 g/mol. The molecule has 0 radical (unpaired) electrons. The van der Waals surface area contributed by atoms with Gasteiger partial charge in [0.2, 0.25) is 11.8 Å². The van der Waals surface area contributed by atoms with Crippen LogP contribution in [0.2, 0.25) is 0 Å². The van der Waals surface area contributed by atoms with Crippen LogP contribution in [0.5, 0.6) is 0 Å². The smallest absolute Gasteiger partial charge is 0.311 e. The van der Waals surface area contributed by atoms with E-state index in [9.17, 15) is 19.5 Å². The second-order valence-electron chi connectivity index (χ2n) is 10.1. The summed E-state index contributed by atoms with van der Waals surface area (Å²) in [4.78, 5) is 46.9. The lowest BCUT2D eigenvalue weighted by Crippen LogP contribution is -2.55. The molecule has 5 rings (SSSR count). The number of carbonyl (C=O) groups excluding carboxylic acids is 3. The highest BCUT2D eigenvalue weighted by Gasteiger charge is 2.73. The number of morpholine rings is 1. The number of hydrogen-bond acceptors (Lipinski definition) is 8. The minimum Gasteiger partial charge on any atom is -0.465 e. The Bertz CT molecular complexity index is 921. The Kier molecular flexibility index (Phi) is 7.00. The fourth-order valence-corrected chi connectivity index (χ4v) is 8.47. The third kappa shape index (κ3) is 4.22. The number of likely N-dealkylation sites (tertiary alicyclic amines) is 1. The zero-order chi connectivity index (χ0) is 24.6. The fraction of sp³-hybridized carbons (Fsp3) is 0.720. The van der Waals surface area contributed by atoms with Gasteiger partial charge in [0.1, 0.15) is 6.04 Å². The number of hydrogen-bond donors (Lipinski definition) is 1. The van der Waals surface area contributed by atoms with Crippen LogP contribution in [0, 0.1) is 11.8 Å². The van der Waals surface area contributed by atoms with Crippen LogP contribution in [0.25, 0.3) is 0 Å². The van der Waals surface area contributed by atoms with Crippen molar-refractivity contribution in [3.63, 3.8) is 0 Å². The van der Waals surface area contributed by atoms with Crippen molar-refractivity contribution in [3.05, 3.63) is 24.3 Å². The van der Waals surface area contributed by atoms with Crippen LogP contribution in [-0.2, 0) is 23.9 Å². The number of thioether (sulfide) groups is 1. The average Bonchev–Trinajstić information content (AvgIpc) is 3.19. The van der Waals surface area contributed by atoms with Gasteiger partial charge in [-0.25, -0.2) is 0 Å².